The number of carbonyl (C=O) groups is 1. The fourth-order valence-corrected chi connectivity index (χ4v) is 4.22. The van der Waals surface area contributed by atoms with Crippen molar-refractivity contribution in [1.29, 1.82) is 0 Å². The Morgan fingerprint density at radius 1 is 1.25 bits per heavy atom. The summed E-state index contributed by atoms with van der Waals surface area (Å²) >= 11 is 0. The van der Waals surface area contributed by atoms with Gasteiger partial charge in [0.1, 0.15) is 5.84 Å². The number of nitrogens with two attached hydrogens (primary N) is 1. The van der Waals surface area contributed by atoms with Crippen LogP contribution < -0.4 is 15.4 Å². The highest BCUT2D eigenvalue weighted by molar-refractivity contribution is 6.20. The molecule has 0 bridgehead atoms. The molecule has 0 saturated heterocycles. The summed E-state index contributed by atoms with van der Waals surface area (Å²) in [4.78, 5) is 28.7. The molecular weight excluding hydrogens is 410 g/mol. The first-order valence-corrected chi connectivity index (χ1v) is 10.1. The lowest BCUT2D eigenvalue weighted by Gasteiger charge is -2.38. The Morgan fingerprint density at radius 3 is 2.84 bits per heavy atom. The number of aliphatic hydroxyl groups excluding tert-OH is 1. The number of aliphatic imine (C=N–C) groups is 1. The molecule has 2 aromatic heterocycles. The molecule has 10 nitrogen and oxygen atoms in total. The van der Waals surface area contributed by atoms with E-state index in [-0.39, 0.29) is 24.9 Å². The number of imidazole rings is 1. The highest BCUT2D eigenvalue weighted by atomic mass is 16.5. The van der Waals surface area contributed by atoms with Crippen molar-refractivity contribution in [3.63, 3.8) is 0 Å². The molecule has 2 unspecified atom stereocenters. The van der Waals surface area contributed by atoms with Crippen molar-refractivity contribution in [2.24, 2.45) is 10.9 Å². The van der Waals surface area contributed by atoms with Crippen LogP contribution in [0.4, 0.5) is 11.5 Å². The number of rotatable bonds is 4. The maximum Gasteiger partial charge on any atom is 0.289 e. The molecule has 162 valence electrons. The van der Waals surface area contributed by atoms with Gasteiger partial charge in [-0.2, -0.15) is 0 Å². The summed E-state index contributed by atoms with van der Waals surface area (Å²) in [5, 5.41) is 19.6. The van der Waals surface area contributed by atoms with Crippen LogP contribution >= 0.6 is 0 Å². The average molecular weight is 432 g/mol. The molecule has 0 spiro atoms. The van der Waals surface area contributed by atoms with E-state index in [1.807, 2.05) is 43.3 Å². The van der Waals surface area contributed by atoms with Gasteiger partial charge in [-0.3, -0.25) is 19.3 Å². The van der Waals surface area contributed by atoms with Gasteiger partial charge in [0.2, 0.25) is 17.1 Å². The SMILES string of the molecule is Cc1ccccc1N1C(=O)C2C(CO)=CC=CC2N=C1Cn1cnc2c(N)[n+](O)cnc21. The number of aryl methyl sites for hydroxylation is 1. The Labute approximate surface area is 183 Å². The van der Waals surface area contributed by atoms with Gasteiger partial charge in [-0.1, -0.05) is 46.1 Å². The summed E-state index contributed by atoms with van der Waals surface area (Å²) in [5.74, 6) is -0.118. The molecule has 0 radical (unpaired) electrons. The van der Waals surface area contributed by atoms with Crippen molar-refractivity contribution in [2.45, 2.75) is 19.5 Å². The minimum atomic E-state index is -0.560. The number of hydrogen-bond acceptors (Lipinski definition) is 7. The molecule has 2 aliphatic rings. The number of amides is 1. The lowest BCUT2D eigenvalue weighted by atomic mass is 9.85. The second-order valence-electron chi connectivity index (χ2n) is 7.78. The van der Waals surface area contributed by atoms with Gasteiger partial charge < -0.3 is 16.0 Å². The summed E-state index contributed by atoms with van der Waals surface area (Å²) in [7, 11) is 0. The molecule has 10 heteroatoms. The van der Waals surface area contributed by atoms with Gasteiger partial charge >= 0.3 is 0 Å². The molecule has 2 atom stereocenters. The van der Waals surface area contributed by atoms with Crippen molar-refractivity contribution in [3.05, 3.63) is 66.3 Å². The number of aromatic nitrogens is 4. The number of fused-ring (bicyclic) bond motifs is 2. The number of carbonyl (C=O) groups excluding carboxylic acids is 1. The smallest absolute Gasteiger partial charge is 0.289 e. The van der Waals surface area contributed by atoms with E-state index in [1.54, 1.807) is 21.9 Å². The third kappa shape index (κ3) is 3.04. The monoisotopic (exact) mass is 432 g/mol. The summed E-state index contributed by atoms with van der Waals surface area (Å²) in [6, 6.07) is 7.19. The summed E-state index contributed by atoms with van der Waals surface area (Å²) in [6.07, 6.45) is 8.21. The van der Waals surface area contributed by atoms with Crippen molar-refractivity contribution in [3.8, 4) is 0 Å². The normalized spacial score (nSPS) is 20.3. The van der Waals surface area contributed by atoms with Gasteiger partial charge in [0, 0.05) is 0 Å². The molecule has 0 saturated carbocycles. The number of nitrogen functional groups attached to an aromatic ring is 1. The lowest BCUT2D eigenvalue weighted by Crippen LogP contribution is -2.51. The number of anilines is 2. The highest BCUT2D eigenvalue weighted by Gasteiger charge is 2.41. The molecule has 4 N–H and O–H groups in total. The van der Waals surface area contributed by atoms with Gasteiger partial charge in [-0.15, -0.1) is 0 Å². The molecule has 3 heterocycles. The van der Waals surface area contributed by atoms with Crippen LogP contribution in [-0.4, -0.2) is 49.2 Å². The van der Waals surface area contributed by atoms with Gasteiger partial charge in [0.15, 0.2) is 0 Å². The number of aliphatic hydroxyl groups is 1. The Balaban J connectivity index is 1.63. The van der Waals surface area contributed by atoms with Crippen molar-refractivity contribution >= 4 is 34.4 Å². The minimum Gasteiger partial charge on any atom is -0.392 e. The second-order valence-corrected chi connectivity index (χ2v) is 7.78. The minimum absolute atomic E-state index is 0.0687. The van der Waals surface area contributed by atoms with Crippen LogP contribution in [0, 0.1) is 12.8 Å². The first-order valence-electron chi connectivity index (χ1n) is 10.1. The van der Waals surface area contributed by atoms with E-state index in [4.69, 9.17) is 10.7 Å². The van der Waals surface area contributed by atoms with E-state index in [0.29, 0.717) is 27.3 Å². The third-order valence-electron chi connectivity index (χ3n) is 5.84. The van der Waals surface area contributed by atoms with Crippen molar-refractivity contribution < 1.29 is 19.8 Å². The average Bonchev–Trinajstić information content (AvgIpc) is 3.20. The fraction of sp³-hybridized carbons (Fsp3) is 0.227. The van der Waals surface area contributed by atoms with E-state index >= 15 is 0 Å². The summed E-state index contributed by atoms with van der Waals surface area (Å²) < 4.78 is 2.44. The van der Waals surface area contributed by atoms with E-state index in [0.717, 1.165) is 11.3 Å². The molecule has 1 aliphatic carbocycles. The number of hydrogen-bond donors (Lipinski definition) is 3. The van der Waals surface area contributed by atoms with Crippen molar-refractivity contribution in [1.82, 2.24) is 14.5 Å². The highest BCUT2D eigenvalue weighted by Crippen LogP contribution is 2.33. The number of benzene rings is 1. The summed E-state index contributed by atoms with van der Waals surface area (Å²) in [5.41, 5.74) is 9.01. The van der Waals surface area contributed by atoms with Gasteiger partial charge in [0.05, 0.1) is 37.1 Å². The van der Waals surface area contributed by atoms with Crippen LogP contribution in [0.15, 0.2) is 65.7 Å². The van der Waals surface area contributed by atoms with Gasteiger partial charge in [0.25, 0.3) is 12.1 Å². The third-order valence-corrected chi connectivity index (χ3v) is 5.84. The number of allylic oxidation sites excluding steroid dienone is 2. The van der Waals surface area contributed by atoms with Gasteiger partial charge in [-0.25, -0.2) is 4.98 Å². The summed E-state index contributed by atoms with van der Waals surface area (Å²) in [6.45, 7) is 1.94. The molecule has 1 amide bonds. The predicted molar refractivity (Wildman–Crippen MR) is 117 cm³/mol. The Kier molecular flexibility index (Phi) is 4.71. The first-order chi connectivity index (χ1) is 15.5. The van der Waals surface area contributed by atoms with Crippen LogP contribution in [0.25, 0.3) is 11.2 Å². The molecule has 32 heavy (non-hydrogen) atoms. The number of amidine groups is 1. The zero-order valence-electron chi connectivity index (χ0n) is 17.3. The molecule has 1 aliphatic heterocycles. The first kappa shape index (κ1) is 19.9. The Hall–Kier alpha value is -4.05. The molecule has 0 fully saturated rings. The fourth-order valence-electron chi connectivity index (χ4n) is 4.22. The largest absolute Gasteiger partial charge is 0.392 e. The maximum absolute atomic E-state index is 13.7. The second kappa shape index (κ2) is 7.57. The molecule has 5 rings (SSSR count). The van der Waals surface area contributed by atoms with Crippen LogP contribution in [0.5, 0.6) is 0 Å². The van der Waals surface area contributed by atoms with E-state index in [9.17, 15) is 15.1 Å². The number of para-hydroxylation sites is 1. The quantitative estimate of drug-likeness (QED) is 0.412. The standard InChI is InChI=1S/C22H21N7O3/c1-13-5-2-3-8-16(13)29-17(26-15-7-4-6-14(10-30)18(15)22(29)31)9-27-11-24-19-20(23)28(32)12-25-21(19)27/h2-8,11-12,15,18,23,30,32H,9-10H2,1H3/p+1. The van der Waals surface area contributed by atoms with Crippen molar-refractivity contribution in [2.75, 3.05) is 17.2 Å². The molecule has 1 aromatic carbocycles. The lowest BCUT2D eigenvalue weighted by molar-refractivity contribution is -0.894. The topological polar surface area (TPSA) is 134 Å². The van der Waals surface area contributed by atoms with E-state index in [2.05, 4.69) is 9.97 Å². The number of nitrogens with zero attached hydrogens (tertiary/aromatic N) is 6. The van der Waals surface area contributed by atoms with Crippen LogP contribution in [-0.2, 0) is 11.3 Å². The Bertz CT molecular complexity index is 1320. The van der Waals surface area contributed by atoms with Crippen LogP contribution in [0.3, 0.4) is 0 Å². The zero-order valence-corrected chi connectivity index (χ0v) is 17.3. The zero-order chi connectivity index (χ0) is 22.4. The Morgan fingerprint density at radius 2 is 2.06 bits per heavy atom. The predicted octanol–water partition coefficient (Wildman–Crippen LogP) is 0.765. The van der Waals surface area contributed by atoms with Crippen LogP contribution in [0.2, 0.25) is 0 Å². The van der Waals surface area contributed by atoms with E-state index < -0.39 is 12.0 Å². The molecule has 3 aromatic rings. The van der Waals surface area contributed by atoms with E-state index in [1.165, 1.54) is 6.33 Å². The van der Waals surface area contributed by atoms with Gasteiger partial charge in [-0.05, 0) is 24.1 Å². The molecular formula is C22H22N7O3+. The van der Waals surface area contributed by atoms with Crippen LogP contribution in [0.1, 0.15) is 5.56 Å². The maximum atomic E-state index is 13.7.